The minimum atomic E-state index is -0.550. The lowest BCUT2D eigenvalue weighted by Gasteiger charge is -2.14. The Kier molecular flexibility index (Phi) is 29.6. The average molecular weight is 1840 g/mol. The van der Waals surface area contributed by atoms with Gasteiger partial charge in [-0.1, -0.05) is 109 Å². The maximum atomic E-state index is 12.5. The third kappa shape index (κ3) is 27.4. The van der Waals surface area contributed by atoms with Crippen LogP contribution >= 0.6 is 0 Å². The molecular formula is C101H96O33. The molecule has 134 heavy (non-hydrogen) atoms. The van der Waals surface area contributed by atoms with Crippen LogP contribution in [0.4, 0.5) is 0 Å². The average Bonchev–Trinajstić information content (AvgIpc) is 1.58. The number of carbonyl (C=O) groups is 8. The standard InChI is InChI=1S/3C18H16O6.2C17H16O5.C13H16O5/c19-17(23-9-15-7-21-15)13-3-1-11-5-14(4-2-12(11)6-13)18(20)24-10-16-8-22-16;19-17(23-9-13-7-21-13)15-5-11-3-1-2-4-12(11)6-16(15)18(20)24-10-14-8-22-14;19-17(23-9-11-7-21-11)15-5-6-16(14-4-2-1-3-13(14)15)18(20)24-10-12-8-22-12;18-17(22-10-16-9-21-16)13-2-1-12-6-14(4-3-11(12)5-13)19-7-15-8-20-15;18-17(22-10-13-8-20-13)16-14-4-2-1-3-11(14)5-6-15(16)21-9-12-7-19-12;1-14-11-3-2-4-12(17-7-9-5-15-9)13(11)18-8-10-6-16-10/h1-6,15-16H,7-10H2;1-6,13-14H,7-10H2;1-6,11-12H,7-10H2;1-6,15-16H,7-10H2;1-6,12-13H,7-10H2;2-4,9-10H,5-8H2,1H3. The molecule has 0 N–H and O–H groups in total. The Hall–Kier alpha value is -13.0. The summed E-state index contributed by atoms with van der Waals surface area (Å²) in [5.74, 6) is -0.0485. The van der Waals surface area contributed by atoms with Crippen LogP contribution in [0.1, 0.15) is 82.9 Å². The summed E-state index contributed by atoms with van der Waals surface area (Å²) >= 11 is 0. The zero-order valence-electron chi connectivity index (χ0n) is 72.9. The van der Waals surface area contributed by atoms with Gasteiger partial charge in [0.15, 0.2) is 11.5 Å². The summed E-state index contributed by atoms with van der Waals surface area (Å²) in [7, 11) is 1.61. The second-order valence-corrected chi connectivity index (χ2v) is 32.9. The summed E-state index contributed by atoms with van der Waals surface area (Å²) in [6.07, 6.45) is 0.978. The summed E-state index contributed by atoms with van der Waals surface area (Å²) in [5, 5.41) is 8.56. The first kappa shape index (κ1) is 91.5. The van der Waals surface area contributed by atoms with Gasteiger partial charge in [0.2, 0.25) is 5.75 Å². The van der Waals surface area contributed by atoms with Crippen molar-refractivity contribution in [3.05, 3.63) is 245 Å². The number of benzene rings is 11. The fraction of sp³-hybridized carbons (Fsp3) is 0.366. The van der Waals surface area contributed by atoms with E-state index < -0.39 is 23.9 Å². The Morgan fingerprint density at radius 1 is 0.231 bits per heavy atom. The number of rotatable bonds is 37. The van der Waals surface area contributed by atoms with E-state index in [2.05, 4.69) is 0 Å². The second kappa shape index (κ2) is 43.3. The zero-order chi connectivity index (χ0) is 91.8. The van der Waals surface area contributed by atoms with E-state index in [1.54, 1.807) is 86.0 Å². The molecular weight excluding hydrogens is 1740 g/mol. The maximum Gasteiger partial charge on any atom is 0.342 e. The summed E-state index contributed by atoms with van der Waals surface area (Å²) in [4.78, 5) is 97.8. The minimum Gasteiger partial charge on any atom is -0.493 e. The first-order valence-corrected chi connectivity index (χ1v) is 44.2. The summed E-state index contributed by atoms with van der Waals surface area (Å²) in [6.45, 7) is 12.3. The molecule has 11 aromatic carbocycles. The maximum absolute atomic E-state index is 12.5. The lowest BCUT2D eigenvalue weighted by atomic mass is 9.99. The molecule has 12 aliphatic rings. The van der Waals surface area contributed by atoms with Gasteiger partial charge < -0.3 is 118 Å². The van der Waals surface area contributed by atoms with Gasteiger partial charge in [-0.15, -0.1) is 0 Å². The van der Waals surface area contributed by atoms with E-state index in [-0.39, 0.29) is 154 Å². The topological polar surface area (TPSA) is 407 Å². The Labute approximate surface area is 767 Å². The molecule has 12 atom stereocenters. The first-order valence-electron chi connectivity index (χ1n) is 44.2. The van der Waals surface area contributed by atoms with Gasteiger partial charge in [-0.05, 0) is 145 Å². The van der Waals surface area contributed by atoms with E-state index >= 15 is 0 Å². The molecule has 23 rings (SSSR count). The molecule has 12 unspecified atom stereocenters. The van der Waals surface area contributed by atoms with Gasteiger partial charge in [0, 0.05) is 0 Å². The molecule has 0 radical (unpaired) electrons. The summed E-state index contributed by atoms with van der Waals surface area (Å²) in [6, 6.07) is 60.1. The van der Waals surface area contributed by atoms with Gasteiger partial charge in [-0.3, -0.25) is 0 Å². The lowest BCUT2D eigenvalue weighted by molar-refractivity contribution is 0.0431. The Bertz CT molecular complexity index is 5870. The predicted molar refractivity (Wildman–Crippen MR) is 474 cm³/mol. The molecule has 11 aromatic rings. The van der Waals surface area contributed by atoms with Crippen molar-refractivity contribution >= 4 is 102 Å². The fourth-order valence-corrected chi connectivity index (χ4v) is 13.4. The van der Waals surface area contributed by atoms with Crippen LogP contribution in [0.3, 0.4) is 0 Å². The molecule has 0 bridgehead atoms. The van der Waals surface area contributed by atoms with Crippen LogP contribution in [0.5, 0.6) is 28.7 Å². The van der Waals surface area contributed by atoms with Crippen LogP contribution in [0, 0.1) is 0 Å². The molecule has 33 nitrogen and oxygen atoms in total. The van der Waals surface area contributed by atoms with Crippen LogP contribution in [-0.4, -0.2) is 287 Å². The summed E-state index contributed by atoms with van der Waals surface area (Å²) in [5.41, 5.74) is 3.23. The van der Waals surface area contributed by atoms with Gasteiger partial charge in [-0.25, -0.2) is 38.4 Å². The van der Waals surface area contributed by atoms with E-state index in [1.807, 2.05) is 121 Å². The Balaban J connectivity index is 0.000000108. The number of epoxide rings is 12. The van der Waals surface area contributed by atoms with Crippen molar-refractivity contribution in [2.45, 2.75) is 73.2 Å². The number of ether oxygens (including phenoxy) is 25. The minimum absolute atomic E-state index is 0.0131. The molecule has 0 saturated carbocycles. The Morgan fingerprint density at radius 2 is 0.515 bits per heavy atom. The third-order valence-corrected chi connectivity index (χ3v) is 22.0. The quantitative estimate of drug-likeness (QED) is 0.0198. The van der Waals surface area contributed by atoms with Crippen molar-refractivity contribution in [2.24, 2.45) is 0 Å². The molecule has 0 aromatic heterocycles. The van der Waals surface area contributed by atoms with Crippen molar-refractivity contribution in [3.8, 4) is 28.7 Å². The first-order chi connectivity index (χ1) is 65.6. The van der Waals surface area contributed by atoms with Gasteiger partial charge in [0.25, 0.3) is 0 Å². The van der Waals surface area contributed by atoms with E-state index in [0.717, 1.165) is 68.7 Å². The van der Waals surface area contributed by atoms with Gasteiger partial charge in [-0.2, -0.15) is 0 Å². The molecule has 0 aliphatic carbocycles. The van der Waals surface area contributed by atoms with Gasteiger partial charge in [0.1, 0.15) is 170 Å². The molecule has 12 aliphatic heterocycles. The van der Waals surface area contributed by atoms with Crippen molar-refractivity contribution in [2.75, 3.05) is 166 Å². The second-order valence-electron chi connectivity index (χ2n) is 32.9. The van der Waals surface area contributed by atoms with Gasteiger partial charge >= 0.3 is 47.8 Å². The number of carbonyl (C=O) groups excluding carboxylic acids is 8. The molecule has 12 fully saturated rings. The normalized spacial score (nSPS) is 22.1. The van der Waals surface area contributed by atoms with Crippen molar-refractivity contribution in [1.82, 2.24) is 0 Å². The number of methoxy groups -OCH3 is 1. The third-order valence-electron chi connectivity index (χ3n) is 22.0. The van der Waals surface area contributed by atoms with E-state index in [4.69, 9.17) is 118 Å². The van der Waals surface area contributed by atoms with Crippen LogP contribution in [0.2, 0.25) is 0 Å². The van der Waals surface area contributed by atoms with Crippen molar-refractivity contribution < 1.29 is 157 Å². The number of hydrogen-bond donors (Lipinski definition) is 0. The zero-order valence-corrected chi connectivity index (χ0v) is 72.9. The highest BCUT2D eigenvalue weighted by atomic mass is 16.7. The number of esters is 8. The Morgan fingerprint density at radius 3 is 0.896 bits per heavy atom. The number of fused-ring (bicyclic) bond motifs is 5. The largest absolute Gasteiger partial charge is 0.493 e. The van der Waals surface area contributed by atoms with Crippen molar-refractivity contribution in [3.63, 3.8) is 0 Å². The molecule has 0 amide bonds. The van der Waals surface area contributed by atoms with E-state index in [0.29, 0.717) is 160 Å². The monoisotopic (exact) mass is 1840 g/mol. The molecule has 12 saturated heterocycles. The van der Waals surface area contributed by atoms with Crippen LogP contribution < -0.4 is 23.7 Å². The van der Waals surface area contributed by atoms with Crippen LogP contribution in [0.15, 0.2) is 200 Å². The number of hydrogen-bond acceptors (Lipinski definition) is 33. The van der Waals surface area contributed by atoms with Gasteiger partial charge in [0.05, 0.1) is 125 Å². The predicted octanol–water partition coefficient (Wildman–Crippen LogP) is 11.4. The van der Waals surface area contributed by atoms with E-state index in [1.165, 1.54) is 0 Å². The molecule has 12 heterocycles. The van der Waals surface area contributed by atoms with Crippen molar-refractivity contribution in [1.29, 1.82) is 0 Å². The smallest absolute Gasteiger partial charge is 0.342 e. The highest BCUT2D eigenvalue weighted by Gasteiger charge is 2.35. The fourth-order valence-electron chi connectivity index (χ4n) is 13.4. The van der Waals surface area contributed by atoms with E-state index in [9.17, 15) is 38.4 Å². The molecule has 33 heteroatoms. The SMILES string of the molecule is COc1cccc(OCC2CO2)c1OCC1CO1.O=C(OCC1CO1)c1c(OCC2CO2)ccc2ccccc12.O=C(OCC1CO1)c1cc2ccccc2cc1C(=O)OCC1CO1.O=C(OCC1CO1)c1ccc(C(=O)OCC2CO2)c2ccccc12.O=C(OCC1CO1)c1ccc2cc(C(=O)OCC3CO3)ccc2c1.O=C(OCC1CO1)c1ccc2cc(OCC3CO3)ccc2c1. The highest BCUT2D eigenvalue weighted by Crippen LogP contribution is 2.39. The van der Waals surface area contributed by atoms with Crippen LogP contribution in [0.25, 0.3) is 53.9 Å². The molecule has 698 valence electrons. The highest BCUT2D eigenvalue weighted by molar-refractivity contribution is 6.12. The lowest BCUT2D eigenvalue weighted by Crippen LogP contribution is -2.17. The summed E-state index contributed by atoms with van der Waals surface area (Å²) < 4.78 is 131. The molecule has 0 spiro atoms. The number of para-hydroxylation sites is 1. The van der Waals surface area contributed by atoms with Crippen LogP contribution in [-0.2, 0) is 94.7 Å².